The molecule has 1 aromatic heterocycles. The lowest BCUT2D eigenvalue weighted by molar-refractivity contribution is 0.190. The van der Waals surface area contributed by atoms with Gasteiger partial charge in [-0.05, 0) is 54.3 Å². The van der Waals surface area contributed by atoms with Gasteiger partial charge >= 0.3 is 0 Å². The third kappa shape index (κ3) is 4.72. The summed E-state index contributed by atoms with van der Waals surface area (Å²) in [6.07, 6.45) is 0.825. The Labute approximate surface area is 170 Å². The van der Waals surface area contributed by atoms with Crippen LogP contribution in [0.5, 0.6) is 5.75 Å². The summed E-state index contributed by atoms with van der Waals surface area (Å²) in [7, 11) is 0. The fourth-order valence-electron chi connectivity index (χ4n) is 3.92. The molecule has 1 unspecified atom stereocenters. The Kier molecular flexibility index (Phi) is 5.59. The second-order valence-corrected chi connectivity index (χ2v) is 9.11. The molecule has 0 bridgehead atoms. The quantitative estimate of drug-likeness (QED) is 0.619. The van der Waals surface area contributed by atoms with Crippen molar-refractivity contribution >= 4 is 5.69 Å². The van der Waals surface area contributed by atoms with Crippen LogP contribution in [0.1, 0.15) is 58.5 Å². The highest BCUT2D eigenvalue weighted by atomic mass is 19.1. The molecule has 0 saturated carbocycles. The summed E-state index contributed by atoms with van der Waals surface area (Å²) < 4.78 is 16.1. The summed E-state index contributed by atoms with van der Waals surface area (Å²) in [5.41, 5.74) is 0.537. The van der Waals surface area contributed by atoms with Crippen LogP contribution in [0.25, 0.3) is 0 Å². The van der Waals surface area contributed by atoms with Gasteiger partial charge in [-0.15, -0.1) is 5.10 Å². The van der Waals surface area contributed by atoms with Gasteiger partial charge < -0.3 is 10.4 Å². The normalized spacial score (nSPS) is 13.3. The first-order chi connectivity index (χ1) is 13.6. The van der Waals surface area contributed by atoms with Crippen LogP contribution >= 0.6 is 0 Å². The molecule has 0 saturated heterocycles. The second kappa shape index (κ2) is 7.81. The number of halogens is 1. The number of aromatic nitrogens is 4. The SMILES string of the molecule is CC(C)(C)CC(C)(C)n1nnnc1C(Nc1ccccc1F)c1ccccc1O. The lowest BCUT2D eigenvalue weighted by Gasteiger charge is -2.34. The number of benzene rings is 2. The van der Waals surface area contributed by atoms with Crippen molar-refractivity contribution in [3.63, 3.8) is 0 Å². The van der Waals surface area contributed by atoms with E-state index in [4.69, 9.17) is 0 Å². The predicted molar refractivity (Wildman–Crippen MR) is 111 cm³/mol. The second-order valence-electron chi connectivity index (χ2n) is 9.11. The molecule has 1 heterocycles. The number of hydrogen-bond donors (Lipinski definition) is 2. The number of rotatable bonds is 6. The Bertz CT molecular complexity index is 977. The highest BCUT2D eigenvalue weighted by Gasteiger charge is 2.34. The molecule has 2 aromatic carbocycles. The molecule has 0 spiro atoms. The maximum Gasteiger partial charge on any atom is 0.178 e. The molecular weight excluding hydrogens is 369 g/mol. The van der Waals surface area contributed by atoms with E-state index in [2.05, 4.69) is 55.5 Å². The van der Waals surface area contributed by atoms with Crippen molar-refractivity contribution in [3.05, 3.63) is 65.7 Å². The van der Waals surface area contributed by atoms with Gasteiger partial charge in [0.2, 0.25) is 0 Å². The van der Waals surface area contributed by atoms with E-state index in [0.29, 0.717) is 17.1 Å². The molecule has 0 aliphatic carbocycles. The number of nitrogens with zero attached hydrogens (tertiary/aromatic N) is 4. The van der Waals surface area contributed by atoms with Crippen molar-refractivity contribution in [1.29, 1.82) is 0 Å². The van der Waals surface area contributed by atoms with Crippen LogP contribution in [0, 0.1) is 11.2 Å². The van der Waals surface area contributed by atoms with Crippen LogP contribution in [-0.2, 0) is 5.54 Å². The molecule has 0 aliphatic rings. The van der Waals surface area contributed by atoms with Crippen molar-refractivity contribution < 1.29 is 9.50 Å². The molecule has 0 amide bonds. The minimum absolute atomic E-state index is 0.0517. The van der Waals surface area contributed by atoms with Crippen molar-refractivity contribution in [3.8, 4) is 5.75 Å². The van der Waals surface area contributed by atoms with Crippen LogP contribution in [0.2, 0.25) is 0 Å². The van der Waals surface area contributed by atoms with Gasteiger partial charge in [0.25, 0.3) is 0 Å². The standard InChI is InChI=1S/C22H28FN5O/c1-21(2,3)14-22(4,5)28-20(25-26-27-28)19(15-10-6-9-13-18(15)29)24-17-12-8-7-11-16(17)23/h6-13,19,24,29H,14H2,1-5H3. The zero-order valence-electron chi connectivity index (χ0n) is 17.5. The largest absolute Gasteiger partial charge is 0.508 e. The first kappa shape index (κ1) is 20.8. The van der Waals surface area contributed by atoms with E-state index < -0.39 is 11.6 Å². The van der Waals surface area contributed by atoms with Crippen LogP contribution < -0.4 is 5.32 Å². The zero-order chi connectivity index (χ0) is 21.2. The number of phenolic OH excluding ortho intramolecular Hbond substituents is 1. The zero-order valence-corrected chi connectivity index (χ0v) is 17.5. The lowest BCUT2D eigenvalue weighted by atomic mass is 9.81. The summed E-state index contributed by atoms with van der Waals surface area (Å²) in [4.78, 5) is 0. The van der Waals surface area contributed by atoms with Gasteiger partial charge in [0.1, 0.15) is 17.6 Å². The summed E-state index contributed by atoms with van der Waals surface area (Å²) in [6.45, 7) is 10.6. The summed E-state index contributed by atoms with van der Waals surface area (Å²) in [5, 5.41) is 26.1. The molecule has 6 nitrogen and oxygen atoms in total. The third-order valence-electron chi connectivity index (χ3n) is 4.71. The summed E-state index contributed by atoms with van der Waals surface area (Å²) in [6, 6.07) is 12.7. The maximum atomic E-state index is 14.4. The summed E-state index contributed by atoms with van der Waals surface area (Å²) >= 11 is 0. The topological polar surface area (TPSA) is 75.9 Å². The summed E-state index contributed by atoms with van der Waals surface area (Å²) in [5.74, 6) is 0.203. The van der Waals surface area contributed by atoms with Gasteiger partial charge in [0.05, 0.1) is 11.2 Å². The Morgan fingerprint density at radius 1 is 1.03 bits per heavy atom. The Morgan fingerprint density at radius 3 is 2.34 bits per heavy atom. The van der Waals surface area contributed by atoms with Gasteiger partial charge in [0, 0.05) is 5.56 Å². The minimum Gasteiger partial charge on any atom is -0.508 e. The Balaban J connectivity index is 2.10. The number of anilines is 1. The van der Waals surface area contributed by atoms with E-state index in [1.807, 2.05) is 6.07 Å². The van der Waals surface area contributed by atoms with E-state index in [9.17, 15) is 9.50 Å². The first-order valence-corrected chi connectivity index (χ1v) is 9.66. The van der Waals surface area contributed by atoms with Gasteiger partial charge in [-0.2, -0.15) is 0 Å². The molecule has 29 heavy (non-hydrogen) atoms. The van der Waals surface area contributed by atoms with Crippen LogP contribution in [0.4, 0.5) is 10.1 Å². The average molecular weight is 397 g/mol. The maximum absolute atomic E-state index is 14.4. The van der Waals surface area contributed by atoms with Crippen LogP contribution in [0.15, 0.2) is 48.5 Å². The van der Waals surface area contributed by atoms with E-state index in [-0.39, 0.29) is 17.0 Å². The van der Waals surface area contributed by atoms with Crippen molar-refractivity contribution in [1.82, 2.24) is 20.2 Å². The number of hydrogen-bond acceptors (Lipinski definition) is 5. The molecular formula is C22H28FN5O. The Hall–Kier alpha value is -2.96. The average Bonchev–Trinajstić information content (AvgIpc) is 3.10. The van der Waals surface area contributed by atoms with Crippen molar-refractivity contribution in [2.45, 2.75) is 52.6 Å². The predicted octanol–water partition coefficient (Wildman–Crippen LogP) is 4.89. The fraction of sp³-hybridized carbons (Fsp3) is 0.409. The molecule has 7 heteroatoms. The lowest BCUT2D eigenvalue weighted by Crippen LogP contribution is -2.35. The van der Waals surface area contributed by atoms with Crippen LogP contribution in [-0.4, -0.2) is 25.3 Å². The highest BCUT2D eigenvalue weighted by molar-refractivity contribution is 5.50. The van der Waals surface area contributed by atoms with E-state index in [0.717, 1.165) is 6.42 Å². The number of nitrogens with one attached hydrogen (secondary N) is 1. The smallest absolute Gasteiger partial charge is 0.178 e. The van der Waals surface area contributed by atoms with E-state index in [1.54, 1.807) is 41.1 Å². The monoisotopic (exact) mass is 397 g/mol. The van der Waals surface area contributed by atoms with Crippen molar-refractivity contribution in [2.75, 3.05) is 5.32 Å². The molecule has 154 valence electrons. The highest BCUT2D eigenvalue weighted by Crippen LogP contribution is 2.36. The third-order valence-corrected chi connectivity index (χ3v) is 4.71. The number of aromatic hydroxyl groups is 1. The van der Waals surface area contributed by atoms with Gasteiger partial charge in [-0.25, -0.2) is 9.07 Å². The van der Waals surface area contributed by atoms with Crippen molar-refractivity contribution in [2.24, 2.45) is 5.41 Å². The minimum atomic E-state index is -0.637. The molecule has 0 aliphatic heterocycles. The molecule has 0 fully saturated rings. The molecule has 3 aromatic rings. The van der Waals surface area contributed by atoms with Gasteiger partial charge in [-0.3, -0.25) is 0 Å². The molecule has 0 radical (unpaired) electrons. The van der Waals surface area contributed by atoms with E-state index in [1.165, 1.54) is 6.07 Å². The molecule has 3 rings (SSSR count). The van der Waals surface area contributed by atoms with Gasteiger partial charge in [0.15, 0.2) is 5.82 Å². The number of para-hydroxylation sites is 2. The van der Waals surface area contributed by atoms with E-state index >= 15 is 0 Å². The molecule has 2 N–H and O–H groups in total. The number of phenols is 1. The first-order valence-electron chi connectivity index (χ1n) is 9.66. The van der Waals surface area contributed by atoms with Gasteiger partial charge in [-0.1, -0.05) is 51.1 Å². The number of tetrazole rings is 1. The van der Waals surface area contributed by atoms with Crippen LogP contribution in [0.3, 0.4) is 0 Å². The fourth-order valence-corrected chi connectivity index (χ4v) is 3.92. The molecule has 1 atom stereocenters. The Morgan fingerprint density at radius 2 is 1.69 bits per heavy atom.